The molecule has 0 aromatic rings. The smallest absolute Gasteiger partial charge is 0.229 e. The van der Waals surface area contributed by atoms with Crippen molar-refractivity contribution in [3.8, 4) is 0 Å². The fourth-order valence-electron chi connectivity index (χ4n) is 1.05. The molecule has 82 valence electrons. The average molecular weight is 218 g/mol. The summed E-state index contributed by atoms with van der Waals surface area (Å²) < 4.78 is 0. The lowest BCUT2D eigenvalue weighted by Crippen LogP contribution is -2.31. The van der Waals surface area contributed by atoms with Crippen LogP contribution in [0.2, 0.25) is 0 Å². The van der Waals surface area contributed by atoms with E-state index in [2.05, 4.69) is 10.5 Å². The van der Waals surface area contributed by atoms with Gasteiger partial charge in [-0.25, -0.2) is 0 Å². The molecule has 14 heavy (non-hydrogen) atoms. The third-order valence-electron chi connectivity index (χ3n) is 1.82. The number of rotatable bonds is 5. The van der Waals surface area contributed by atoms with Crippen LogP contribution in [-0.4, -0.2) is 29.0 Å². The van der Waals surface area contributed by atoms with Gasteiger partial charge >= 0.3 is 0 Å². The van der Waals surface area contributed by atoms with Crippen molar-refractivity contribution in [2.75, 3.05) is 12.8 Å². The summed E-state index contributed by atoms with van der Waals surface area (Å²) in [7, 11) is 1.59. The Hall–Kier alpha value is -0.710. The minimum Gasteiger partial charge on any atom is -0.410 e. The number of hydrogen-bond acceptors (Lipinski definition) is 4. The van der Waals surface area contributed by atoms with Crippen molar-refractivity contribution in [2.24, 2.45) is 11.1 Å². The van der Waals surface area contributed by atoms with E-state index in [4.69, 9.17) is 5.21 Å². The molecule has 0 aliphatic rings. The Labute approximate surface area is 89.1 Å². The van der Waals surface area contributed by atoms with Gasteiger partial charge < -0.3 is 10.5 Å². The molecule has 0 aliphatic carbocycles. The molecular weight excluding hydrogens is 200 g/mol. The summed E-state index contributed by atoms with van der Waals surface area (Å²) in [5.74, 6) is 0.456. The van der Waals surface area contributed by atoms with Crippen LogP contribution in [0, 0.1) is 5.92 Å². The molecule has 1 atom stereocenters. The topological polar surface area (TPSA) is 61.7 Å². The molecule has 0 radical (unpaired) electrons. The van der Waals surface area contributed by atoms with Crippen molar-refractivity contribution in [3.05, 3.63) is 0 Å². The van der Waals surface area contributed by atoms with Crippen molar-refractivity contribution in [1.82, 2.24) is 5.32 Å². The quantitative estimate of drug-likeness (QED) is 0.319. The third kappa shape index (κ3) is 4.00. The predicted molar refractivity (Wildman–Crippen MR) is 59.8 cm³/mol. The second kappa shape index (κ2) is 7.67. The first kappa shape index (κ1) is 13.3. The third-order valence-corrected chi connectivity index (χ3v) is 3.10. The first-order chi connectivity index (χ1) is 6.71. The number of carbonyl (C=O) groups is 1. The highest BCUT2D eigenvalue weighted by Crippen LogP contribution is 2.17. The van der Waals surface area contributed by atoms with E-state index in [0.717, 1.165) is 12.2 Å². The van der Waals surface area contributed by atoms with Gasteiger partial charge in [-0.2, -0.15) is 0 Å². The molecule has 1 amide bonds. The molecule has 4 nitrogen and oxygen atoms in total. The van der Waals surface area contributed by atoms with Gasteiger partial charge in [0.15, 0.2) is 0 Å². The Morgan fingerprint density at radius 1 is 1.57 bits per heavy atom. The SMILES string of the molecule is CCCS/C(=N\O)C(CC)C(=O)NC. The first-order valence-electron chi connectivity index (χ1n) is 4.77. The fraction of sp³-hybridized carbons (Fsp3) is 0.778. The van der Waals surface area contributed by atoms with Crippen LogP contribution in [0.1, 0.15) is 26.7 Å². The van der Waals surface area contributed by atoms with Crippen molar-refractivity contribution in [3.63, 3.8) is 0 Å². The maximum atomic E-state index is 11.4. The minimum atomic E-state index is -0.318. The number of nitrogens with zero attached hydrogens (tertiary/aromatic N) is 1. The lowest BCUT2D eigenvalue weighted by molar-refractivity contribution is -0.122. The van der Waals surface area contributed by atoms with Crippen LogP contribution in [0.15, 0.2) is 5.16 Å². The Morgan fingerprint density at radius 3 is 2.57 bits per heavy atom. The lowest BCUT2D eigenvalue weighted by Gasteiger charge is -2.13. The van der Waals surface area contributed by atoms with Gasteiger partial charge in [0.25, 0.3) is 0 Å². The summed E-state index contributed by atoms with van der Waals surface area (Å²) >= 11 is 1.44. The molecule has 5 heteroatoms. The van der Waals surface area contributed by atoms with Crippen LogP contribution >= 0.6 is 11.8 Å². The summed E-state index contributed by atoms with van der Waals surface area (Å²) in [4.78, 5) is 11.4. The molecule has 0 fully saturated rings. The van der Waals surface area contributed by atoms with Crippen molar-refractivity contribution in [2.45, 2.75) is 26.7 Å². The van der Waals surface area contributed by atoms with E-state index in [-0.39, 0.29) is 11.8 Å². The van der Waals surface area contributed by atoms with Gasteiger partial charge in [-0.05, 0) is 18.6 Å². The van der Waals surface area contributed by atoms with Gasteiger partial charge in [-0.15, -0.1) is 11.8 Å². The van der Waals surface area contributed by atoms with Gasteiger partial charge in [-0.3, -0.25) is 4.79 Å². The Morgan fingerprint density at radius 2 is 2.21 bits per heavy atom. The summed E-state index contributed by atoms with van der Waals surface area (Å²) in [6.45, 7) is 3.94. The van der Waals surface area contributed by atoms with Crippen LogP contribution in [0.4, 0.5) is 0 Å². The lowest BCUT2D eigenvalue weighted by atomic mass is 10.1. The number of oxime groups is 1. The second-order valence-electron chi connectivity index (χ2n) is 2.86. The highest BCUT2D eigenvalue weighted by Gasteiger charge is 2.22. The average Bonchev–Trinajstić information content (AvgIpc) is 2.23. The van der Waals surface area contributed by atoms with Crippen molar-refractivity contribution in [1.29, 1.82) is 0 Å². The monoisotopic (exact) mass is 218 g/mol. The van der Waals surface area contributed by atoms with E-state index in [1.807, 2.05) is 13.8 Å². The Balaban J connectivity index is 4.38. The van der Waals surface area contributed by atoms with E-state index in [1.54, 1.807) is 7.05 Å². The molecule has 0 saturated carbocycles. The van der Waals surface area contributed by atoms with Crippen molar-refractivity contribution >= 4 is 22.7 Å². The van der Waals surface area contributed by atoms with Gasteiger partial charge in [0.05, 0.1) is 5.92 Å². The number of hydrogen-bond donors (Lipinski definition) is 2. The summed E-state index contributed by atoms with van der Waals surface area (Å²) in [6, 6.07) is 0. The molecule has 0 saturated heterocycles. The van der Waals surface area contributed by atoms with E-state index >= 15 is 0 Å². The van der Waals surface area contributed by atoms with Crippen LogP contribution in [0.3, 0.4) is 0 Å². The van der Waals surface area contributed by atoms with Gasteiger partial charge in [0, 0.05) is 7.05 Å². The molecule has 2 N–H and O–H groups in total. The molecule has 0 aliphatic heterocycles. The standard InChI is InChI=1S/C9H18N2O2S/c1-4-6-14-9(11-13)7(5-2)8(12)10-3/h7,13H,4-6H2,1-3H3,(H,10,12)/b11-9-. The van der Waals surface area contributed by atoms with Gasteiger partial charge in [0.2, 0.25) is 5.91 Å². The second-order valence-corrected chi connectivity index (χ2v) is 3.98. The predicted octanol–water partition coefficient (Wildman–Crippen LogP) is 1.69. The van der Waals surface area contributed by atoms with Crippen LogP contribution in [0.5, 0.6) is 0 Å². The molecule has 0 rings (SSSR count). The largest absolute Gasteiger partial charge is 0.410 e. The first-order valence-corrected chi connectivity index (χ1v) is 5.76. The summed E-state index contributed by atoms with van der Waals surface area (Å²) in [5, 5.41) is 15.0. The Bertz CT molecular complexity index is 207. The van der Waals surface area contributed by atoms with Crippen molar-refractivity contribution < 1.29 is 10.0 Å². The Kier molecular flexibility index (Phi) is 7.28. The van der Waals surface area contributed by atoms with Crippen LogP contribution in [-0.2, 0) is 4.79 Å². The summed E-state index contributed by atoms with van der Waals surface area (Å²) in [6.07, 6.45) is 1.64. The zero-order valence-corrected chi connectivity index (χ0v) is 9.73. The number of thioether (sulfide) groups is 1. The van der Waals surface area contributed by atoms with E-state index in [1.165, 1.54) is 11.8 Å². The van der Waals surface area contributed by atoms with E-state index in [9.17, 15) is 4.79 Å². The molecule has 1 unspecified atom stereocenters. The maximum absolute atomic E-state index is 11.4. The van der Waals surface area contributed by atoms with Gasteiger partial charge in [0.1, 0.15) is 5.04 Å². The maximum Gasteiger partial charge on any atom is 0.229 e. The molecule has 0 aromatic heterocycles. The van der Waals surface area contributed by atoms with Gasteiger partial charge in [-0.1, -0.05) is 19.0 Å². The number of nitrogens with one attached hydrogen (secondary N) is 1. The number of amides is 1. The zero-order chi connectivity index (χ0) is 11.0. The molecule has 0 aromatic carbocycles. The fourth-order valence-corrected chi connectivity index (χ4v) is 2.00. The molecular formula is C9H18N2O2S. The normalized spacial score (nSPS) is 13.8. The highest BCUT2D eigenvalue weighted by molar-refractivity contribution is 8.14. The van der Waals surface area contributed by atoms with E-state index < -0.39 is 0 Å². The minimum absolute atomic E-state index is 0.0936. The zero-order valence-electron chi connectivity index (χ0n) is 8.91. The van der Waals surface area contributed by atoms with E-state index in [0.29, 0.717) is 11.5 Å². The van der Waals surface area contributed by atoms with Crippen LogP contribution < -0.4 is 5.32 Å². The number of carbonyl (C=O) groups excluding carboxylic acids is 1. The molecule has 0 bridgehead atoms. The molecule has 0 spiro atoms. The van der Waals surface area contributed by atoms with Crippen LogP contribution in [0.25, 0.3) is 0 Å². The summed E-state index contributed by atoms with van der Waals surface area (Å²) in [5.41, 5.74) is 0. The highest BCUT2D eigenvalue weighted by atomic mass is 32.2. The molecule has 0 heterocycles.